The maximum atomic E-state index is 11.0. The summed E-state index contributed by atoms with van der Waals surface area (Å²) in [6.07, 6.45) is 32.8. The zero-order valence-corrected chi connectivity index (χ0v) is 36.7. The summed E-state index contributed by atoms with van der Waals surface area (Å²) in [5, 5.41) is 32.8. The summed E-state index contributed by atoms with van der Waals surface area (Å²) in [6.45, 7) is 18.5. The van der Waals surface area contributed by atoms with Crippen LogP contribution in [0.3, 0.4) is 0 Å². The monoisotopic (exact) mass is 768 g/mol. The molecule has 8 nitrogen and oxygen atoms in total. The van der Waals surface area contributed by atoms with Gasteiger partial charge in [-0.3, -0.25) is 19.6 Å². The fourth-order valence-electron chi connectivity index (χ4n) is 8.25. The van der Waals surface area contributed by atoms with E-state index in [-0.39, 0.29) is 18.3 Å². The Hall–Kier alpha value is -0.320. The first-order valence-electron chi connectivity index (χ1n) is 24.0. The summed E-state index contributed by atoms with van der Waals surface area (Å²) in [5.74, 6) is 0. The average molecular weight is 768 g/mol. The van der Waals surface area contributed by atoms with Crippen LogP contribution in [0.5, 0.6) is 0 Å². The van der Waals surface area contributed by atoms with Crippen molar-refractivity contribution in [1.82, 2.24) is 19.6 Å². The first-order chi connectivity index (χ1) is 26.4. The van der Waals surface area contributed by atoms with E-state index in [2.05, 4.69) is 40.4 Å². The molecule has 0 radical (unpaired) electrons. The van der Waals surface area contributed by atoms with Gasteiger partial charge in [0, 0.05) is 85.1 Å². The van der Waals surface area contributed by atoms with Crippen LogP contribution in [0.15, 0.2) is 0 Å². The lowest BCUT2D eigenvalue weighted by molar-refractivity contribution is 0.0480. The number of rotatable bonds is 41. The molecular weight excluding hydrogens is 671 g/mol. The van der Waals surface area contributed by atoms with E-state index in [0.29, 0.717) is 19.6 Å². The Morgan fingerprint density at radius 1 is 0.407 bits per heavy atom. The van der Waals surface area contributed by atoms with E-state index in [1.54, 1.807) is 0 Å². The molecule has 0 aromatic carbocycles. The number of hydrogen-bond donors (Lipinski definition) is 4. The van der Waals surface area contributed by atoms with Crippen LogP contribution in [0, 0.1) is 0 Å². The summed E-state index contributed by atoms with van der Waals surface area (Å²) >= 11 is 0. The molecule has 8 heteroatoms. The summed E-state index contributed by atoms with van der Waals surface area (Å²) in [7, 11) is 0. The van der Waals surface area contributed by atoms with Gasteiger partial charge in [-0.1, -0.05) is 175 Å². The maximum Gasteiger partial charge on any atom is 0.0667 e. The molecule has 0 saturated carbocycles. The second-order valence-corrected chi connectivity index (χ2v) is 17.3. The maximum absolute atomic E-state index is 11.0. The van der Waals surface area contributed by atoms with Crippen LogP contribution in [-0.2, 0) is 0 Å². The van der Waals surface area contributed by atoms with Crippen LogP contribution in [0.1, 0.15) is 194 Å². The van der Waals surface area contributed by atoms with Crippen molar-refractivity contribution in [2.45, 2.75) is 212 Å². The highest BCUT2D eigenvalue weighted by atomic mass is 16.3. The van der Waals surface area contributed by atoms with Crippen molar-refractivity contribution in [3.05, 3.63) is 0 Å². The number of nitrogens with two attached hydrogens (primary N) is 1. The quantitative estimate of drug-likeness (QED) is 0.0459. The van der Waals surface area contributed by atoms with Crippen LogP contribution >= 0.6 is 0 Å². The van der Waals surface area contributed by atoms with E-state index in [4.69, 9.17) is 5.73 Å². The molecule has 324 valence electrons. The molecule has 1 aliphatic heterocycles. The van der Waals surface area contributed by atoms with Gasteiger partial charge in [0.15, 0.2) is 0 Å². The van der Waals surface area contributed by atoms with Crippen molar-refractivity contribution in [3.8, 4) is 0 Å². The molecule has 1 aliphatic rings. The van der Waals surface area contributed by atoms with Crippen molar-refractivity contribution >= 4 is 0 Å². The van der Waals surface area contributed by atoms with Crippen molar-refractivity contribution in [2.75, 3.05) is 85.1 Å². The molecule has 1 fully saturated rings. The number of hydrogen-bond acceptors (Lipinski definition) is 8. The Morgan fingerprint density at radius 2 is 0.685 bits per heavy atom. The zero-order chi connectivity index (χ0) is 39.3. The summed E-state index contributed by atoms with van der Waals surface area (Å²) < 4.78 is 0. The SMILES string of the molecule is CCCCCCCCCCC(O)CN(CCN)CCN1CCN(CCN(CC(O)CCCCCCCCCC)CC(O)CCCCCCCCCC)CC1. The predicted molar refractivity (Wildman–Crippen MR) is 235 cm³/mol. The first-order valence-corrected chi connectivity index (χ1v) is 24.0. The molecule has 3 unspecified atom stereocenters. The molecule has 5 N–H and O–H groups in total. The van der Waals surface area contributed by atoms with Gasteiger partial charge in [0.1, 0.15) is 0 Å². The second-order valence-electron chi connectivity index (χ2n) is 17.3. The van der Waals surface area contributed by atoms with Crippen molar-refractivity contribution < 1.29 is 15.3 Å². The van der Waals surface area contributed by atoms with E-state index >= 15 is 0 Å². The van der Waals surface area contributed by atoms with Gasteiger partial charge in [0.25, 0.3) is 0 Å². The Morgan fingerprint density at radius 3 is 1.00 bits per heavy atom. The molecule has 54 heavy (non-hydrogen) atoms. The van der Waals surface area contributed by atoms with E-state index in [9.17, 15) is 15.3 Å². The van der Waals surface area contributed by atoms with Crippen molar-refractivity contribution in [2.24, 2.45) is 5.73 Å². The third kappa shape index (κ3) is 31.7. The lowest BCUT2D eigenvalue weighted by Crippen LogP contribution is -2.51. The summed E-state index contributed by atoms with van der Waals surface area (Å²) in [4.78, 5) is 9.88. The largest absolute Gasteiger partial charge is 0.392 e. The highest BCUT2D eigenvalue weighted by Crippen LogP contribution is 2.15. The third-order valence-electron chi connectivity index (χ3n) is 12.0. The van der Waals surface area contributed by atoms with Gasteiger partial charge in [0.2, 0.25) is 0 Å². The number of aliphatic hydroxyl groups is 3. The van der Waals surface area contributed by atoms with Crippen LogP contribution < -0.4 is 5.73 Å². The van der Waals surface area contributed by atoms with Gasteiger partial charge >= 0.3 is 0 Å². The molecule has 0 spiro atoms. The smallest absolute Gasteiger partial charge is 0.0667 e. The fourth-order valence-corrected chi connectivity index (χ4v) is 8.25. The standard InChI is InChI=1S/C46H97N5O3/c1-4-7-10-13-16-19-22-25-28-44(52)41-50(32-31-47)39-37-48-33-35-49(36-34-48)38-40-51(42-45(53)29-26-23-20-17-14-11-8-5-2)43-46(54)30-27-24-21-18-15-12-9-6-3/h44-46,52-54H,4-43,47H2,1-3H3. The van der Waals surface area contributed by atoms with Crippen LogP contribution in [0.4, 0.5) is 0 Å². The van der Waals surface area contributed by atoms with E-state index in [0.717, 1.165) is 104 Å². The number of nitrogens with zero attached hydrogens (tertiary/aromatic N) is 4. The number of aliphatic hydroxyl groups excluding tert-OH is 3. The summed E-state index contributed by atoms with van der Waals surface area (Å²) in [6, 6.07) is 0. The topological polar surface area (TPSA) is 99.7 Å². The molecule has 0 aromatic rings. The minimum atomic E-state index is -0.312. The minimum Gasteiger partial charge on any atom is -0.392 e. The van der Waals surface area contributed by atoms with Gasteiger partial charge < -0.3 is 21.1 Å². The van der Waals surface area contributed by atoms with Crippen LogP contribution in [0.2, 0.25) is 0 Å². The molecule has 0 bridgehead atoms. The third-order valence-corrected chi connectivity index (χ3v) is 12.0. The number of piperazine rings is 1. The highest BCUT2D eigenvalue weighted by molar-refractivity contribution is 4.77. The normalized spacial score (nSPS) is 16.2. The molecule has 1 rings (SSSR count). The Labute approximate surface area is 337 Å². The molecule has 1 heterocycles. The van der Waals surface area contributed by atoms with Gasteiger partial charge in [-0.05, 0) is 19.3 Å². The Bertz CT molecular complexity index is 728. The Balaban J connectivity index is 2.43. The molecule has 0 aliphatic carbocycles. The van der Waals surface area contributed by atoms with Crippen LogP contribution in [-0.4, -0.2) is 138 Å². The van der Waals surface area contributed by atoms with Gasteiger partial charge in [-0.2, -0.15) is 0 Å². The van der Waals surface area contributed by atoms with Gasteiger partial charge in [-0.25, -0.2) is 0 Å². The van der Waals surface area contributed by atoms with Gasteiger partial charge in [-0.15, -0.1) is 0 Å². The summed E-state index contributed by atoms with van der Waals surface area (Å²) in [5.41, 5.74) is 5.97. The van der Waals surface area contributed by atoms with Crippen LogP contribution in [0.25, 0.3) is 0 Å². The van der Waals surface area contributed by atoms with Crippen molar-refractivity contribution in [3.63, 3.8) is 0 Å². The molecule has 0 aromatic heterocycles. The molecular formula is C46H97N5O3. The lowest BCUT2D eigenvalue weighted by atomic mass is 10.0. The van der Waals surface area contributed by atoms with Crippen molar-refractivity contribution in [1.29, 1.82) is 0 Å². The molecule has 0 amide bonds. The lowest BCUT2D eigenvalue weighted by Gasteiger charge is -2.37. The zero-order valence-electron chi connectivity index (χ0n) is 36.7. The first kappa shape index (κ1) is 51.7. The second kappa shape index (κ2) is 38.2. The predicted octanol–water partition coefficient (Wildman–Crippen LogP) is 8.84. The Kier molecular flexibility index (Phi) is 36.6. The fraction of sp³-hybridized carbons (Fsp3) is 1.00. The molecule has 1 saturated heterocycles. The van der Waals surface area contributed by atoms with Gasteiger partial charge in [0.05, 0.1) is 18.3 Å². The molecule has 3 atom stereocenters. The minimum absolute atomic E-state index is 0.255. The highest BCUT2D eigenvalue weighted by Gasteiger charge is 2.21. The van der Waals surface area contributed by atoms with E-state index < -0.39 is 0 Å². The number of unbranched alkanes of at least 4 members (excludes halogenated alkanes) is 21. The van der Waals surface area contributed by atoms with E-state index in [1.807, 2.05) is 0 Å². The van der Waals surface area contributed by atoms with E-state index in [1.165, 1.54) is 135 Å². The average Bonchev–Trinajstić information content (AvgIpc) is 3.16.